The Labute approximate surface area is 121 Å². The van der Waals surface area contributed by atoms with Gasteiger partial charge in [-0.25, -0.2) is 4.39 Å². The molecule has 1 heterocycles. The van der Waals surface area contributed by atoms with Crippen LogP contribution in [-0.2, 0) is 0 Å². The van der Waals surface area contributed by atoms with Crippen molar-refractivity contribution in [2.75, 3.05) is 0 Å². The Hall–Kier alpha value is -1.84. The third-order valence-corrected chi connectivity index (χ3v) is 3.59. The average Bonchev–Trinajstić information content (AvgIpc) is 2.84. The molecule has 1 unspecified atom stereocenters. The lowest BCUT2D eigenvalue weighted by molar-refractivity contribution is 0.523. The molecule has 4 heteroatoms. The number of halogens is 2. The zero-order valence-electron chi connectivity index (χ0n) is 10.9. The van der Waals surface area contributed by atoms with E-state index in [1.807, 2.05) is 18.2 Å². The van der Waals surface area contributed by atoms with Crippen LogP contribution in [0.15, 0.2) is 46.9 Å². The fourth-order valence-corrected chi connectivity index (χ4v) is 2.34. The summed E-state index contributed by atoms with van der Waals surface area (Å²) in [7, 11) is 0. The summed E-state index contributed by atoms with van der Waals surface area (Å²) >= 11 is 5.94. The first-order valence-corrected chi connectivity index (χ1v) is 6.63. The van der Waals surface area contributed by atoms with Crippen LogP contribution in [0.4, 0.5) is 4.39 Å². The minimum absolute atomic E-state index is 0.267. The standard InChI is InChI=1S/C16H13ClFNO/c1-9-2-3-10(7-13(9)18)16(19)15-8-11-6-12(17)4-5-14(11)20-15/h2-8,16H,19H2,1H3. The smallest absolute Gasteiger partial charge is 0.134 e. The molecule has 1 atom stereocenters. The molecule has 20 heavy (non-hydrogen) atoms. The summed E-state index contributed by atoms with van der Waals surface area (Å²) in [5.41, 5.74) is 8.13. The maximum absolute atomic E-state index is 13.6. The Morgan fingerprint density at radius 2 is 1.95 bits per heavy atom. The summed E-state index contributed by atoms with van der Waals surface area (Å²) in [6, 6.07) is 11.7. The molecule has 0 aliphatic heterocycles. The average molecular weight is 290 g/mol. The second-order valence-electron chi connectivity index (χ2n) is 4.82. The first-order chi connectivity index (χ1) is 9.54. The van der Waals surface area contributed by atoms with Crippen molar-refractivity contribution >= 4 is 22.6 Å². The second kappa shape index (κ2) is 4.93. The molecule has 0 aliphatic carbocycles. The van der Waals surface area contributed by atoms with E-state index in [0.717, 1.165) is 5.39 Å². The SMILES string of the molecule is Cc1ccc(C(N)c2cc3cc(Cl)ccc3o2)cc1F. The summed E-state index contributed by atoms with van der Waals surface area (Å²) in [6.45, 7) is 1.72. The highest BCUT2D eigenvalue weighted by molar-refractivity contribution is 6.31. The van der Waals surface area contributed by atoms with Gasteiger partial charge >= 0.3 is 0 Å². The maximum Gasteiger partial charge on any atom is 0.134 e. The molecule has 1 aromatic heterocycles. The van der Waals surface area contributed by atoms with Crippen molar-refractivity contribution in [3.05, 3.63) is 70.2 Å². The predicted molar refractivity (Wildman–Crippen MR) is 78.4 cm³/mol. The van der Waals surface area contributed by atoms with Crippen molar-refractivity contribution < 1.29 is 8.81 Å². The van der Waals surface area contributed by atoms with Crippen LogP contribution < -0.4 is 5.73 Å². The van der Waals surface area contributed by atoms with E-state index >= 15 is 0 Å². The van der Waals surface area contributed by atoms with Gasteiger partial charge in [0.05, 0.1) is 6.04 Å². The summed E-state index contributed by atoms with van der Waals surface area (Å²) in [6.07, 6.45) is 0. The minimum atomic E-state index is -0.503. The molecule has 3 aromatic rings. The van der Waals surface area contributed by atoms with E-state index in [2.05, 4.69) is 0 Å². The molecule has 3 rings (SSSR count). The Morgan fingerprint density at radius 1 is 1.15 bits per heavy atom. The highest BCUT2D eigenvalue weighted by Crippen LogP contribution is 2.29. The molecule has 0 bridgehead atoms. The molecule has 0 radical (unpaired) electrons. The van der Waals surface area contributed by atoms with Crippen LogP contribution in [0, 0.1) is 12.7 Å². The van der Waals surface area contributed by atoms with Gasteiger partial charge in [-0.1, -0.05) is 23.7 Å². The highest BCUT2D eigenvalue weighted by atomic mass is 35.5. The number of fused-ring (bicyclic) bond motifs is 1. The molecular formula is C16H13ClFNO. The zero-order chi connectivity index (χ0) is 14.3. The van der Waals surface area contributed by atoms with Crippen LogP contribution in [-0.4, -0.2) is 0 Å². The summed E-state index contributed by atoms with van der Waals surface area (Å²) in [4.78, 5) is 0. The van der Waals surface area contributed by atoms with Crippen molar-refractivity contribution in [1.82, 2.24) is 0 Å². The van der Waals surface area contributed by atoms with Gasteiger partial charge in [0, 0.05) is 10.4 Å². The van der Waals surface area contributed by atoms with Gasteiger partial charge in [-0.2, -0.15) is 0 Å². The fraction of sp³-hybridized carbons (Fsp3) is 0.125. The van der Waals surface area contributed by atoms with Crippen LogP contribution in [0.3, 0.4) is 0 Å². The molecule has 0 fully saturated rings. The summed E-state index contributed by atoms with van der Waals surface area (Å²) in [5, 5.41) is 1.52. The Morgan fingerprint density at radius 3 is 2.70 bits per heavy atom. The number of hydrogen-bond acceptors (Lipinski definition) is 2. The first-order valence-electron chi connectivity index (χ1n) is 6.25. The minimum Gasteiger partial charge on any atom is -0.459 e. The lowest BCUT2D eigenvalue weighted by Crippen LogP contribution is -2.11. The summed E-state index contributed by atoms with van der Waals surface area (Å²) in [5.74, 6) is 0.322. The molecule has 2 aromatic carbocycles. The van der Waals surface area contributed by atoms with E-state index in [4.69, 9.17) is 21.8 Å². The molecule has 2 N–H and O–H groups in total. The van der Waals surface area contributed by atoms with Gasteiger partial charge in [0.15, 0.2) is 0 Å². The predicted octanol–water partition coefficient (Wildman–Crippen LogP) is 4.58. The molecule has 0 spiro atoms. The molecule has 0 amide bonds. The van der Waals surface area contributed by atoms with Crippen LogP contribution in [0.5, 0.6) is 0 Å². The molecular weight excluding hydrogens is 277 g/mol. The van der Waals surface area contributed by atoms with E-state index < -0.39 is 6.04 Å². The van der Waals surface area contributed by atoms with E-state index in [9.17, 15) is 4.39 Å². The fourth-order valence-electron chi connectivity index (χ4n) is 2.15. The summed E-state index contributed by atoms with van der Waals surface area (Å²) < 4.78 is 19.3. The second-order valence-corrected chi connectivity index (χ2v) is 5.25. The first kappa shape index (κ1) is 13.2. The molecule has 0 aliphatic rings. The van der Waals surface area contributed by atoms with Crippen molar-refractivity contribution in [1.29, 1.82) is 0 Å². The molecule has 0 saturated carbocycles. The van der Waals surface area contributed by atoms with Crippen molar-refractivity contribution in [2.45, 2.75) is 13.0 Å². The topological polar surface area (TPSA) is 39.2 Å². The number of aryl methyl sites for hydroxylation is 1. The zero-order valence-corrected chi connectivity index (χ0v) is 11.6. The normalized spacial score (nSPS) is 12.8. The third-order valence-electron chi connectivity index (χ3n) is 3.36. The van der Waals surface area contributed by atoms with Crippen LogP contribution >= 0.6 is 11.6 Å². The van der Waals surface area contributed by atoms with Crippen LogP contribution in [0.2, 0.25) is 5.02 Å². The monoisotopic (exact) mass is 289 g/mol. The van der Waals surface area contributed by atoms with Crippen molar-refractivity contribution in [3.63, 3.8) is 0 Å². The van der Waals surface area contributed by atoms with Crippen molar-refractivity contribution in [3.8, 4) is 0 Å². The Kier molecular flexibility index (Phi) is 3.24. The van der Waals surface area contributed by atoms with Gasteiger partial charge in [0.1, 0.15) is 17.2 Å². The molecule has 2 nitrogen and oxygen atoms in total. The van der Waals surface area contributed by atoms with Gasteiger partial charge in [0.25, 0.3) is 0 Å². The van der Waals surface area contributed by atoms with Crippen molar-refractivity contribution in [2.24, 2.45) is 5.73 Å². The highest BCUT2D eigenvalue weighted by Gasteiger charge is 2.15. The van der Waals surface area contributed by atoms with E-state index in [1.165, 1.54) is 6.07 Å². The Balaban J connectivity index is 2.02. The van der Waals surface area contributed by atoms with Crippen LogP contribution in [0.1, 0.15) is 22.9 Å². The maximum atomic E-state index is 13.6. The number of rotatable bonds is 2. The van der Waals surface area contributed by atoms with Gasteiger partial charge in [-0.15, -0.1) is 0 Å². The van der Waals surface area contributed by atoms with Gasteiger partial charge in [-0.3, -0.25) is 0 Å². The number of nitrogens with two attached hydrogens (primary N) is 1. The Bertz CT molecular complexity index is 781. The molecule has 0 saturated heterocycles. The van der Waals surface area contributed by atoms with E-state index in [-0.39, 0.29) is 5.82 Å². The lowest BCUT2D eigenvalue weighted by Gasteiger charge is -2.09. The van der Waals surface area contributed by atoms with Crippen LogP contribution in [0.25, 0.3) is 11.0 Å². The van der Waals surface area contributed by atoms with Gasteiger partial charge < -0.3 is 10.2 Å². The van der Waals surface area contributed by atoms with Gasteiger partial charge in [-0.05, 0) is 48.4 Å². The lowest BCUT2D eigenvalue weighted by atomic mass is 10.0. The molecule has 102 valence electrons. The third kappa shape index (κ3) is 2.30. The largest absolute Gasteiger partial charge is 0.459 e. The van der Waals surface area contributed by atoms with Gasteiger partial charge in [0.2, 0.25) is 0 Å². The van der Waals surface area contributed by atoms with E-state index in [1.54, 1.807) is 25.1 Å². The number of furan rings is 1. The number of benzene rings is 2. The van der Waals surface area contributed by atoms with E-state index in [0.29, 0.717) is 27.5 Å². The number of hydrogen-bond donors (Lipinski definition) is 1. The quantitative estimate of drug-likeness (QED) is 0.750.